The molecule has 2 aliphatic rings. The van der Waals surface area contributed by atoms with Gasteiger partial charge in [-0.15, -0.1) is 0 Å². The molecule has 1 aliphatic carbocycles. The molecule has 0 saturated carbocycles. The zero-order valence-electron chi connectivity index (χ0n) is 13.1. The molecule has 1 heterocycles. The van der Waals surface area contributed by atoms with E-state index in [2.05, 4.69) is 0 Å². The van der Waals surface area contributed by atoms with Crippen LogP contribution in [0.25, 0.3) is 0 Å². The first-order valence-electron chi connectivity index (χ1n) is 7.70. The molecule has 26 heavy (non-hydrogen) atoms. The van der Waals surface area contributed by atoms with E-state index in [1.165, 1.54) is 6.07 Å². The number of aryl methyl sites for hydroxylation is 1. The zero-order valence-corrected chi connectivity index (χ0v) is 13.9. The van der Waals surface area contributed by atoms with E-state index < -0.39 is 39.9 Å². The lowest BCUT2D eigenvalue weighted by Crippen LogP contribution is -2.22. The summed E-state index contributed by atoms with van der Waals surface area (Å²) in [5, 5.41) is 9.99. The first-order valence-corrected chi connectivity index (χ1v) is 9.35. The molecule has 4 rings (SSSR count). The molecule has 1 atom stereocenters. The second-order valence-electron chi connectivity index (χ2n) is 6.37. The van der Waals surface area contributed by atoms with Crippen molar-refractivity contribution in [3.8, 4) is 11.5 Å². The van der Waals surface area contributed by atoms with Crippen molar-refractivity contribution in [2.24, 2.45) is 0 Å². The van der Waals surface area contributed by atoms with E-state index in [-0.39, 0.29) is 45.3 Å². The Labute approximate surface area is 145 Å². The molecule has 0 amide bonds. The first-order chi connectivity index (χ1) is 12.1. The second kappa shape index (κ2) is 5.43. The van der Waals surface area contributed by atoms with Crippen molar-refractivity contribution >= 4 is 9.84 Å². The van der Waals surface area contributed by atoms with Crippen LogP contribution in [0.2, 0.25) is 0 Å². The molecule has 0 fully saturated rings. The normalized spacial score (nSPS) is 22.1. The summed E-state index contributed by atoms with van der Waals surface area (Å²) < 4.78 is 84.7. The number of hydrogen-bond donors (Lipinski definition) is 1. The van der Waals surface area contributed by atoms with Crippen molar-refractivity contribution in [2.75, 3.05) is 5.75 Å². The third kappa shape index (κ3) is 2.57. The summed E-state index contributed by atoms with van der Waals surface area (Å²) in [6, 6.07) is 3.67. The summed E-state index contributed by atoms with van der Waals surface area (Å²) in [6.07, 6.45) is -3.14. The summed E-state index contributed by atoms with van der Waals surface area (Å²) in [5.74, 6) is -6.05. The minimum Gasteiger partial charge on any atom is -0.457 e. The maximum absolute atomic E-state index is 14.1. The number of rotatable bonds is 2. The van der Waals surface area contributed by atoms with Gasteiger partial charge in [0, 0.05) is 35.7 Å². The number of hydrogen-bond acceptors (Lipinski definition) is 4. The van der Waals surface area contributed by atoms with Gasteiger partial charge in [0.15, 0.2) is 9.84 Å². The van der Waals surface area contributed by atoms with Crippen LogP contribution < -0.4 is 4.74 Å². The third-order valence-electron chi connectivity index (χ3n) is 4.57. The number of ether oxygens (including phenoxy) is 1. The molecule has 4 nitrogen and oxygen atoms in total. The Morgan fingerprint density at radius 2 is 1.77 bits per heavy atom. The van der Waals surface area contributed by atoms with E-state index in [1.54, 1.807) is 0 Å². The van der Waals surface area contributed by atoms with Crippen molar-refractivity contribution in [1.82, 2.24) is 0 Å². The van der Waals surface area contributed by atoms with Gasteiger partial charge >= 0.3 is 0 Å². The molecular weight excluding hydrogens is 376 g/mol. The SMILES string of the molecule is O=S1(=O)CCc2cc(Oc3cc(F)cc(F)c3)c3c(c21)C(O)C(F)(F)C3. The fourth-order valence-electron chi connectivity index (χ4n) is 3.47. The summed E-state index contributed by atoms with van der Waals surface area (Å²) >= 11 is 0. The number of alkyl halides is 2. The average molecular weight is 388 g/mol. The van der Waals surface area contributed by atoms with Gasteiger partial charge in [-0.25, -0.2) is 26.0 Å². The lowest BCUT2D eigenvalue weighted by atomic mass is 10.0. The summed E-state index contributed by atoms with van der Waals surface area (Å²) in [7, 11) is -3.79. The Balaban J connectivity index is 1.91. The van der Waals surface area contributed by atoms with Gasteiger partial charge in [0.1, 0.15) is 29.2 Å². The predicted octanol–water partition coefficient (Wildman–Crippen LogP) is 3.31. The Hall–Kier alpha value is -2.13. The van der Waals surface area contributed by atoms with Gasteiger partial charge in [0.05, 0.1) is 10.6 Å². The van der Waals surface area contributed by atoms with E-state index in [4.69, 9.17) is 4.74 Å². The van der Waals surface area contributed by atoms with Crippen LogP contribution in [0.1, 0.15) is 22.8 Å². The van der Waals surface area contributed by atoms with Crippen molar-refractivity contribution in [1.29, 1.82) is 0 Å². The van der Waals surface area contributed by atoms with Crippen molar-refractivity contribution in [3.63, 3.8) is 0 Å². The minimum atomic E-state index is -3.79. The van der Waals surface area contributed by atoms with Gasteiger partial charge in [0.25, 0.3) is 5.92 Å². The van der Waals surface area contributed by atoms with Gasteiger partial charge in [-0.1, -0.05) is 0 Å². The molecule has 2 aromatic rings. The monoisotopic (exact) mass is 388 g/mol. The minimum absolute atomic E-state index is 0.0805. The van der Waals surface area contributed by atoms with E-state index in [1.807, 2.05) is 0 Å². The van der Waals surface area contributed by atoms with Crippen molar-refractivity contribution in [2.45, 2.75) is 29.8 Å². The smallest absolute Gasteiger partial charge is 0.281 e. The molecule has 0 saturated heterocycles. The van der Waals surface area contributed by atoms with Crippen molar-refractivity contribution < 1.29 is 35.8 Å². The van der Waals surface area contributed by atoms with Crippen molar-refractivity contribution in [3.05, 3.63) is 52.6 Å². The van der Waals surface area contributed by atoms with Gasteiger partial charge in [-0.05, 0) is 18.1 Å². The van der Waals surface area contributed by atoms with Gasteiger partial charge in [-0.3, -0.25) is 0 Å². The van der Waals surface area contributed by atoms with Crippen LogP contribution in [0.15, 0.2) is 29.2 Å². The molecule has 9 heteroatoms. The Bertz CT molecular complexity index is 1010. The molecule has 0 radical (unpaired) electrons. The van der Waals surface area contributed by atoms with E-state index in [9.17, 15) is 31.1 Å². The van der Waals surface area contributed by atoms with E-state index in [0.717, 1.165) is 12.1 Å². The van der Waals surface area contributed by atoms with E-state index in [0.29, 0.717) is 6.07 Å². The maximum atomic E-state index is 14.1. The molecule has 0 spiro atoms. The third-order valence-corrected chi connectivity index (χ3v) is 6.41. The highest BCUT2D eigenvalue weighted by molar-refractivity contribution is 7.91. The molecule has 1 N–H and O–H groups in total. The summed E-state index contributed by atoms with van der Waals surface area (Å²) in [5.41, 5.74) is -0.305. The van der Waals surface area contributed by atoms with Gasteiger partial charge < -0.3 is 9.84 Å². The van der Waals surface area contributed by atoms with Crippen LogP contribution in [-0.2, 0) is 22.7 Å². The quantitative estimate of drug-likeness (QED) is 0.802. The van der Waals surface area contributed by atoms with Gasteiger partial charge in [0.2, 0.25) is 0 Å². The molecule has 0 aromatic heterocycles. The number of sulfone groups is 1. The highest BCUT2D eigenvalue weighted by Gasteiger charge is 2.52. The Morgan fingerprint density at radius 3 is 2.42 bits per heavy atom. The van der Waals surface area contributed by atoms with Crippen LogP contribution in [-0.4, -0.2) is 25.2 Å². The van der Waals surface area contributed by atoms with Crippen LogP contribution in [0.3, 0.4) is 0 Å². The summed E-state index contributed by atoms with van der Waals surface area (Å²) in [6.45, 7) is 0. The largest absolute Gasteiger partial charge is 0.457 e. The molecule has 2 aromatic carbocycles. The Kier molecular flexibility index (Phi) is 3.61. The highest BCUT2D eigenvalue weighted by Crippen LogP contribution is 2.52. The topological polar surface area (TPSA) is 63.6 Å². The fourth-order valence-corrected chi connectivity index (χ4v) is 5.30. The molecule has 0 bridgehead atoms. The number of halogens is 4. The standard InChI is InChI=1S/C17H12F4O4S/c18-9-4-10(19)6-11(5-9)25-13-3-8-1-2-26(23,24)15(8)14-12(13)7-17(20,21)16(14)22/h3-6,16,22H,1-2,7H2. The van der Waals surface area contributed by atoms with E-state index >= 15 is 0 Å². The molecular formula is C17H12F4O4S. The van der Waals surface area contributed by atoms with Crippen LogP contribution >= 0.6 is 0 Å². The lowest BCUT2D eigenvalue weighted by molar-refractivity contribution is -0.0976. The van der Waals surface area contributed by atoms with Crippen LogP contribution in [0.5, 0.6) is 11.5 Å². The number of aliphatic hydroxyl groups excluding tert-OH is 1. The number of fused-ring (bicyclic) bond motifs is 3. The molecule has 1 unspecified atom stereocenters. The highest BCUT2D eigenvalue weighted by atomic mass is 32.2. The average Bonchev–Trinajstić information content (AvgIpc) is 2.93. The van der Waals surface area contributed by atoms with Crippen LogP contribution in [0.4, 0.5) is 17.6 Å². The Morgan fingerprint density at radius 1 is 1.12 bits per heavy atom. The first kappa shape index (κ1) is 17.3. The van der Waals surface area contributed by atoms with Crippen LogP contribution in [0, 0.1) is 11.6 Å². The predicted molar refractivity (Wildman–Crippen MR) is 82.2 cm³/mol. The number of benzene rings is 2. The zero-order chi connectivity index (χ0) is 18.9. The molecule has 1 aliphatic heterocycles. The molecule has 138 valence electrons. The number of aliphatic hydroxyl groups is 1. The maximum Gasteiger partial charge on any atom is 0.281 e. The fraction of sp³-hybridized carbons (Fsp3) is 0.294. The second-order valence-corrected chi connectivity index (χ2v) is 8.42. The lowest BCUT2D eigenvalue weighted by Gasteiger charge is -2.16. The summed E-state index contributed by atoms with van der Waals surface area (Å²) in [4.78, 5) is -0.282. The van der Waals surface area contributed by atoms with Gasteiger partial charge in [-0.2, -0.15) is 0 Å².